The molecule has 1 atom stereocenters. The van der Waals surface area contributed by atoms with E-state index in [-0.39, 0.29) is 12.4 Å². The summed E-state index contributed by atoms with van der Waals surface area (Å²) >= 11 is 1.45. The van der Waals surface area contributed by atoms with Crippen LogP contribution < -0.4 is 4.74 Å². The Kier molecular flexibility index (Phi) is 3.54. The Balaban J connectivity index is 1.95. The molecule has 0 fully saturated rings. The van der Waals surface area contributed by atoms with Crippen molar-refractivity contribution in [2.24, 2.45) is 0 Å². The molecule has 1 aromatic heterocycles. The fraction of sp³-hybridized carbons (Fsp3) is 0.167. The molecule has 2 nitrogen and oxygen atoms in total. The summed E-state index contributed by atoms with van der Waals surface area (Å²) in [7, 11) is 0. The summed E-state index contributed by atoms with van der Waals surface area (Å²) in [4.78, 5) is 0.816. The summed E-state index contributed by atoms with van der Waals surface area (Å²) < 4.78 is 18.4. The predicted octanol–water partition coefficient (Wildman–Crippen LogP) is 3.00. The van der Waals surface area contributed by atoms with E-state index >= 15 is 0 Å². The van der Waals surface area contributed by atoms with Gasteiger partial charge in [0.15, 0.2) is 11.6 Å². The van der Waals surface area contributed by atoms with Crippen LogP contribution in [-0.4, -0.2) is 11.7 Å². The fourth-order valence-electron chi connectivity index (χ4n) is 1.29. The van der Waals surface area contributed by atoms with Gasteiger partial charge in [-0.1, -0.05) is 18.2 Å². The maximum atomic E-state index is 13.2. The van der Waals surface area contributed by atoms with Crippen LogP contribution in [-0.2, 0) is 0 Å². The average Bonchev–Trinajstić information content (AvgIpc) is 2.81. The van der Waals surface area contributed by atoms with Crippen molar-refractivity contribution in [1.29, 1.82) is 0 Å². The van der Waals surface area contributed by atoms with Gasteiger partial charge in [0.25, 0.3) is 0 Å². The largest absolute Gasteiger partial charge is 0.487 e. The number of aliphatic hydroxyl groups is 1. The molecule has 1 N–H and O–H groups in total. The van der Waals surface area contributed by atoms with Gasteiger partial charge in [-0.3, -0.25) is 0 Å². The van der Waals surface area contributed by atoms with Crippen molar-refractivity contribution in [3.8, 4) is 5.75 Å². The van der Waals surface area contributed by atoms with Crippen molar-refractivity contribution in [3.63, 3.8) is 0 Å². The first-order chi connectivity index (χ1) is 7.77. The van der Waals surface area contributed by atoms with Crippen molar-refractivity contribution >= 4 is 11.3 Å². The first-order valence-electron chi connectivity index (χ1n) is 4.86. The van der Waals surface area contributed by atoms with Crippen molar-refractivity contribution in [1.82, 2.24) is 0 Å². The third-order valence-corrected chi connectivity index (χ3v) is 3.08. The molecule has 0 aliphatic rings. The van der Waals surface area contributed by atoms with Gasteiger partial charge in [0.05, 0.1) is 0 Å². The molecule has 0 amide bonds. The van der Waals surface area contributed by atoms with Crippen LogP contribution in [0.15, 0.2) is 41.8 Å². The van der Waals surface area contributed by atoms with Crippen molar-refractivity contribution in [2.45, 2.75) is 6.10 Å². The quantitative estimate of drug-likeness (QED) is 0.887. The van der Waals surface area contributed by atoms with Crippen LogP contribution in [0.25, 0.3) is 0 Å². The second-order valence-electron chi connectivity index (χ2n) is 3.27. The maximum absolute atomic E-state index is 13.2. The highest BCUT2D eigenvalue weighted by Gasteiger charge is 2.10. The predicted molar refractivity (Wildman–Crippen MR) is 61.2 cm³/mol. The van der Waals surface area contributed by atoms with Gasteiger partial charge in [0, 0.05) is 4.88 Å². The minimum Gasteiger partial charge on any atom is -0.487 e. The Morgan fingerprint density at radius 2 is 2.06 bits per heavy atom. The molecule has 84 valence electrons. The van der Waals surface area contributed by atoms with Gasteiger partial charge in [-0.2, -0.15) is 0 Å². The molecule has 2 aromatic rings. The average molecular weight is 238 g/mol. The second-order valence-corrected chi connectivity index (χ2v) is 4.25. The van der Waals surface area contributed by atoms with Gasteiger partial charge in [0.2, 0.25) is 0 Å². The van der Waals surface area contributed by atoms with Crippen molar-refractivity contribution < 1.29 is 14.2 Å². The van der Waals surface area contributed by atoms with Gasteiger partial charge in [-0.25, -0.2) is 4.39 Å². The van der Waals surface area contributed by atoms with E-state index in [2.05, 4.69) is 0 Å². The van der Waals surface area contributed by atoms with Gasteiger partial charge in [-0.15, -0.1) is 11.3 Å². The summed E-state index contributed by atoms with van der Waals surface area (Å²) in [5.41, 5.74) is 0. The van der Waals surface area contributed by atoms with Gasteiger partial charge in [-0.05, 0) is 23.6 Å². The molecule has 0 saturated heterocycles. The molecular formula is C12H11FO2S. The number of thiophene rings is 1. The lowest BCUT2D eigenvalue weighted by Gasteiger charge is -2.11. The highest BCUT2D eigenvalue weighted by Crippen LogP contribution is 2.21. The Labute approximate surface area is 96.9 Å². The van der Waals surface area contributed by atoms with Crippen LogP contribution in [0.2, 0.25) is 0 Å². The molecule has 0 aliphatic carbocycles. The van der Waals surface area contributed by atoms with Crippen LogP contribution in [0.1, 0.15) is 11.0 Å². The summed E-state index contributed by atoms with van der Waals surface area (Å²) in [6.07, 6.45) is -0.709. The van der Waals surface area contributed by atoms with E-state index in [1.165, 1.54) is 23.5 Å². The van der Waals surface area contributed by atoms with Crippen LogP contribution in [0, 0.1) is 5.82 Å². The lowest BCUT2D eigenvalue weighted by molar-refractivity contribution is 0.108. The molecule has 0 aliphatic heterocycles. The minimum atomic E-state index is -0.709. The Morgan fingerprint density at radius 3 is 2.75 bits per heavy atom. The minimum absolute atomic E-state index is 0.0570. The van der Waals surface area contributed by atoms with E-state index in [1.807, 2.05) is 17.5 Å². The molecule has 1 heterocycles. The highest BCUT2D eigenvalue weighted by molar-refractivity contribution is 7.10. The number of hydrogen-bond acceptors (Lipinski definition) is 3. The smallest absolute Gasteiger partial charge is 0.165 e. The second kappa shape index (κ2) is 5.09. The molecular weight excluding hydrogens is 227 g/mol. The molecule has 1 aromatic carbocycles. The number of rotatable bonds is 4. The third kappa shape index (κ3) is 2.59. The molecule has 0 spiro atoms. The lowest BCUT2D eigenvalue weighted by atomic mass is 10.3. The third-order valence-electron chi connectivity index (χ3n) is 2.10. The Morgan fingerprint density at radius 1 is 1.25 bits per heavy atom. The van der Waals surface area contributed by atoms with E-state index in [1.54, 1.807) is 12.1 Å². The molecule has 16 heavy (non-hydrogen) atoms. The van der Waals surface area contributed by atoms with Gasteiger partial charge >= 0.3 is 0 Å². The van der Waals surface area contributed by atoms with Crippen LogP contribution in [0.4, 0.5) is 4.39 Å². The van der Waals surface area contributed by atoms with Crippen LogP contribution in [0.5, 0.6) is 5.75 Å². The monoisotopic (exact) mass is 238 g/mol. The zero-order valence-corrected chi connectivity index (χ0v) is 9.28. The zero-order valence-electron chi connectivity index (χ0n) is 8.47. The number of halogens is 1. The first-order valence-corrected chi connectivity index (χ1v) is 5.74. The summed E-state index contributed by atoms with van der Waals surface area (Å²) in [6, 6.07) is 9.82. The normalized spacial score (nSPS) is 12.4. The Bertz CT molecular complexity index is 442. The highest BCUT2D eigenvalue weighted by atomic mass is 32.1. The summed E-state index contributed by atoms with van der Waals surface area (Å²) in [5, 5.41) is 11.6. The van der Waals surface area contributed by atoms with E-state index in [9.17, 15) is 9.50 Å². The number of ether oxygens (including phenoxy) is 1. The molecule has 1 unspecified atom stereocenters. The lowest BCUT2D eigenvalue weighted by Crippen LogP contribution is -2.08. The fourth-order valence-corrected chi connectivity index (χ4v) is 1.99. The zero-order chi connectivity index (χ0) is 11.4. The van der Waals surface area contributed by atoms with E-state index < -0.39 is 11.9 Å². The number of para-hydroxylation sites is 1. The van der Waals surface area contributed by atoms with E-state index in [4.69, 9.17) is 4.74 Å². The van der Waals surface area contributed by atoms with Crippen molar-refractivity contribution in [3.05, 3.63) is 52.5 Å². The van der Waals surface area contributed by atoms with Crippen LogP contribution in [0.3, 0.4) is 0 Å². The number of hydrogen-bond donors (Lipinski definition) is 1. The standard InChI is InChI=1S/C12H11FO2S/c13-9-4-1-2-5-11(9)15-8-10(14)12-6-3-7-16-12/h1-7,10,14H,8H2. The molecule has 2 rings (SSSR count). The summed E-state index contributed by atoms with van der Waals surface area (Å²) in [6.45, 7) is 0.0570. The summed E-state index contributed by atoms with van der Waals surface area (Å²) in [5.74, 6) is -0.251. The SMILES string of the molecule is OC(COc1ccccc1F)c1cccs1. The molecule has 0 bridgehead atoms. The number of benzene rings is 1. The van der Waals surface area contributed by atoms with E-state index in [0.717, 1.165) is 4.88 Å². The van der Waals surface area contributed by atoms with Crippen LogP contribution >= 0.6 is 11.3 Å². The molecule has 0 radical (unpaired) electrons. The first kappa shape index (κ1) is 11.1. The maximum Gasteiger partial charge on any atom is 0.165 e. The number of aliphatic hydroxyl groups excluding tert-OH is 1. The molecule has 0 saturated carbocycles. The molecule has 4 heteroatoms. The Hall–Kier alpha value is -1.39. The van der Waals surface area contributed by atoms with Gasteiger partial charge < -0.3 is 9.84 Å². The van der Waals surface area contributed by atoms with Crippen molar-refractivity contribution in [2.75, 3.05) is 6.61 Å². The topological polar surface area (TPSA) is 29.5 Å². The van der Waals surface area contributed by atoms with E-state index in [0.29, 0.717) is 0 Å². The van der Waals surface area contributed by atoms with Gasteiger partial charge in [0.1, 0.15) is 12.7 Å².